The summed E-state index contributed by atoms with van der Waals surface area (Å²) in [7, 11) is 0. The number of nitrogens with one attached hydrogen (secondary N) is 1. The highest BCUT2D eigenvalue weighted by Crippen LogP contribution is 2.24. The van der Waals surface area contributed by atoms with E-state index in [9.17, 15) is 9.90 Å². The molecule has 0 heterocycles. The highest BCUT2D eigenvalue weighted by Gasteiger charge is 2.13. The van der Waals surface area contributed by atoms with Crippen LogP contribution >= 0.6 is 0 Å². The van der Waals surface area contributed by atoms with E-state index in [0.717, 1.165) is 0 Å². The van der Waals surface area contributed by atoms with Crippen LogP contribution in [0.1, 0.15) is 17.3 Å². The maximum absolute atomic E-state index is 11.6. The number of nitrogen functional groups attached to an aromatic ring is 1. The molecular formula is C11H12N2O2. The monoisotopic (exact) mass is 204 g/mol. The van der Waals surface area contributed by atoms with Gasteiger partial charge < -0.3 is 16.2 Å². The van der Waals surface area contributed by atoms with Crippen molar-refractivity contribution in [3.63, 3.8) is 0 Å². The summed E-state index contributed by atoms with van der Waals surface area (Å²) >= 11 is 0. The number of phenolic OH excluding ortho intramolecular Hbond substituents is 1. The van der Waals surface area contributed by atoms with Gasteiger partial charge >= 0.3 is 0 Å². The van der Waals surface area contributed by atoms with Gasteiger partial charge in [-0.2, -0.15) is 0 Å². The molecule has 1 atom stereocenters. The lowest BCUT2D eigenvalue weighted by Gasteiger charge is -2.09. The molecule has 0 aliphatic carbocycles. The third kappa shape index (κ3) is 2.41. The number of amides is 1. The Hall–Kier alpha value is -2.15. The fourth-order valence-electron chi connectivity index (χ4n) is 1.06. The molecule has 1 unspecified atom stereocenters. The fourth-order valence-corrected chi connectivity index (χ4v) is 1.06. The average molecular weight is 204 g/mol. The van der Waals surface area contributed by atoms with Crippen LogP contribution in [0.3, 0.4) is 0 Å². The van der Waals surface area contributed by atoms with Gasteiger partial charge in [-0.05, 0) is 19.1 Å². The van der Waals surface area contributed by atoms with Crippen molar-refractivity contribution in [2.45, 2.75) is 13.0 Å². The second-order valence-electron chi connectivity index (χ2n) is 3.11. The molecule has 1 aromatic rings. The third-order valence-electron chi connectivity index (χ3n) is 1.91. The number of rotatable bonds is 2. The first-order valence-corrected chi connectivity index (χ1v) is 4.40. The van der Waals surface area contributed by atoms with Gasteiger partial charge in [0.05, 0.1) is 17.3 Å². The highest BCUT2D eigenvalue weighted by molar-refractivity contribution is 5.98. The quantitative estimate of drug-likeness (QED) is 0.377. The fraction of sp³-hybridized carbons (Fsp3) is 0.182. The normalized spacial score (nSPS) is 11.5. The van der Waals surface area contributed by atoms with Crippen LogP contribution in [0.4, 0.5) is 5.69 Å². The Morgan fingerprint density at radius 2 is 2.33 bits per heavy atom. The second kappa shape index (κ2) is 4.38. The van der Waals surface area contributed by atoms with Gasteiger partial charge in [-0.3, -0.25) is 4.79 Å². The van der Waals surface area contributed by atoms with E-state index < -0.39 is 11.9 Å². The maximum Gasteiger partial charge on any atom is 0.256 e. The molecule has 0 fully saturated rings. The van der Waals surface area contributed by atoms with E-state index in [1.54, 1.807) is 13.0 Å². The predicted molar refractivity (Wildman–Crippen MR) is 58.3 cm³/mol. The summed E-state index contributed by atoms with van der Waals surface area (Å²) in [6.45, 7) is 1.67. The topological polar surface area (TPSA) is 75.4 Å². The molecule has 4 heteroatoms. The summed E-state index contributed by atoms with van der Waals surface area (Å²) < 4.78 is 0. The molecule has 0 saturated heterocycles. The molecule has 15 heavy (non-hydrogen) atoms. The van der Waals surface area contributed by atoms with E-state index in [1.165, 1.54) is 12.1 Å². The van der Waals surface area contributed by atoms with Crippen molar-refractivity contribution < 1.29 is 9.90 Å². The lowest BCUT2D eigenvalue weighted by atomic mass is 10.1. The summed E-state index contributed by atoms with van der Waals surface area (Å²) in [6.07, 6.45) is 5.11. The second-order valence-corrected chi connectivity index (χ2v) is 3.11. The van der Waals surface area contributed by atoms with Crippen molar-refractivity contribution in [1.82, 2.24) is 5.32 Å². The lowest BCUT2D eigenvalue weighted by Crippen LogP contribution is -2.31. The Morgan fingerprint density at radius 3 is 2.93 bits per heavy atom. The average Bonchev–Trinajstić information content (AvgIpc) is 2.21. The van der Waals surface area contributed by atoms with E-state index in [1.807, 2.05) is 0 Å². The molecule has 1 amide bonds. The molecule has 0 aromatic heterocycles. The van der Waals surface area contributed by atoms with Crippen molar-refractivity contribution in [3.8, 4) is 18.1 Å². The van der Waals surface area contributed by atoms with Gasteiger partial charge in [0, 0.05) is 0 Å². The zero-order valence-corrected chi connectivity index (χ0v) is 8.32. The van der Waals surface area contributed by atoms with Crippen LogP contribution in [0.5, 0.6) is 5.75 Å². The molecule has 4 nitrogen and oxygen atoms in total. The molecule has 0 spiro atoms. The van der Waals surface area contributed by atoms with Crippen molar-refractivity contribution in [3.05, 3.63) is 23.8 Å². The van der Waals surface area contributed by atoms with Crippen molar-refractivity contribution in [2.75, 3.05) is 5.73 Å². The number of benzene rings is 1. The summed E-state index contributed by atoms with van der Waals surface area (Å²) in [6, 6.07) is 4.18. The summed E-state index contributed by atoms with van der Waals surface area (Å²) in [4.78, 5) is 11.6. The molecular weight excluding hydrogens is 192 g/mol. The van der Waals surface area contributed by atoms with Crippen LogP contribution in [-0.4, -0.2) is 17.1 Å². The van der Waals surface area contributed by atoms with E-state index in [-0.39, 0.29) is 17.0 Å². The molecule has 0 radical (unpaired) electrons. The first-order chi connectivity index (χ1) is 7.06. The third-order valence-corrected chi connectivity index (χ3v) is 1.91. The summed E-state index contributed by atoms with van der Waals surface area (Å²) in [5, 5.41) is 12.0. The largest absolute Gasteiger partial charge is 0.505 e. The van der Waals surface area contributed by atoms with Gasteiger partial charge in [0.1, 0.15) is 0 Å². The van der Waals surface area contributed by atoms with Gasteiger partial charge in [-0.1, -0.05) is 12.0 Å². The van der Waals surface area contributed by atoms with Crippen LogP contribution in [0.15, 0.2) is 18.2 Å². The van der Waals surface area contributed by atoms with E-state index >= 15 is 0 Å². The van der Waals surface area contributed by atoms with Gasteiger partial charge in [0.15, 0.2) is 5.75 Å². The van der Waals surface area contributed by atoms with E-state index in [2.05, 4.69) is 11.2 Å². The Kier molecular flexibility index (Phi) is 3.19. The first-order valence-electron chi connectivity index (χ1n) is 4.40. The zero-order valence-electron chi connectivity index (χ0n) is 8.32. The maximum atomic E-state index is 11.6. The van der Waals surface area contributed by atoms with Crippen LogP contribution in [0, 0.1) is 12.3 Å². The molecule has 0 bridgehead atoms. The SMILES string of the molecule is C#CC(C)NC(=O)c1cccc(N)c1O. The number of hydrogen-bond donors (Lipinski definition) is 3. The molecule has 1 aromatic carbocycles. The highest BCUT2D eigenvalue weighted by atomic mass is 16.3. The summed E-state index contributed by atoms with van der Waals surface area (Å²) in [5.41, 5.74) is 5.74. The molecule has 4 N–H and O–H groups in total. The number of terminal acetylenes is 1. The summed E-state index contributed by atoms with van der Waals surface area (Å²) in [5.74, 6) is 1.69. The minimum atomic E-state index is -0.440. The number of phenols is 1. The van der Waals surface area contributed by atoms with Crippen LogP contribution < -0.4 is 11.1 Å². The van der Waals surface area contributed by atoms with E-state index in [4.69, 9.17) is 12.2 Å². The molecule has 0 aliphatic heterocycles. The zero-order chi connectivity index (χ0) is 11.4. The minimum Gasteiger partial charge on any atom is -0.505 e. The van der Waals surface area contributed by atoms with Crippen LogP contribution in [0.2, 0.25) is 0 Å². The van der Waals surface area contributed by atoms with Crippen molar-refractivity contribution >= 4 is 11.6 Å². The number of anilines is 1. The minimum absolute atomic E-state index is 0.122. The number of nitrogens with two attached hydrogens (primary N) is 1. The number of carbonyl (C=O) groups excluding carboxylic acids is 1. The molecule has 0 aliphatic rings. The van der Waals surface area contributed by atoms with E-state index in [0.29, 0.717) is 0 Å². The Balaban J connectivity index is 2.93. The standard InChI is InChI=1S/C11H12N2O2/c1-3-7(2)13-11(15)8-5-4-6-9(12)10(8)14/h1,4-7,14H,12H2,2H3,(H,13,15). The van der Waals surface area contributed by atoms with Crippen molar-refractivity contribution in [1.29, 1.82) is 0 Å². The lowest BCUT2D eigenvalue weighted by molar-refractivity contribution is 0.0945. The van der Waals surface area contributed by atoms with Crippen LogP contribution in [-0.2, 0) is 0 Å². The first kappa shape index (κ1) is 10.9. The van der Waals surface area contributed by atoms with Gasteiger partial charge in [0.25, 0.3) is 5.91 Å². The van der Waals surface area contributed by atoms with Gasteiger partial charge in [0.2, 0.25) is 0 Å². The Bertz CT molecular complexity index is 421. The number of hydrogen-bond acceptors (Lipinski definition) is 3. The van der Waals surface area contributed by atoms with Crippen molar-refractivity contribution in [2.24, 2.45) is 0 Å². The van der Waals surface area contributed by atoms with Crippen LogP contribution in [0.25, 0.3) is 0 Å². The number of para-hydroxylation sites is 1. The number of carbonyl (C=O) groups is 1. The van der Waals surface area contributed by atoms with Gasteiger partial charge in [-0.15, -0.1) is 6.42 Å². The molecule has 1 rings (SSSR count). The predicted octanol–water partition coefficient (Wildman–Crippen LogP) is 0.726. The smallest absolute Gasteiger partial charge is 0.256 e. The van der Waals surface area contributed by atoms with Gasteiger partial charge in [-0.25, -0.2) is 0 Å². The Labute approximate surface area is 88.1 Å². The number of aromatic hydroxyl groups is 1. The molecule has 78 valence electrons. The molecule has 0 saturated carbocycles. The Morgan fingerprint density at radius 1 is 1.67 bits per heavy atom.